The zero-order chi connectivity index (χ0) is 17.4. The van der Waals surface area contributed by atoms with Crippen LogP contribution >= 0.6 is 11.8 Å². The van der Waals surface area contributed by atoms with Crippen molar-refractivity contribution < 1.29 is 9.18 Å². The number of carbonyl (C=O) groups is 1. The van der Waals surface area contributed by atoms with Gasteiger partial charge in [-0.2, -0.15) is 0 Å². The predicted molar refractivity (Wildman–Crippen MR) is 93.7 cm³/mol. The Morgan fingerprint density at radius 2 is 1.80 bits per heavy atom. The molecule has 4 rings (SSSR count). The number of benzene rings is 1. The summed E-state index contributed by atoms with van der Waals surface area (Å²) >= 11 is 1.53. The monoisotopic (exact) mass is 360 g/mol. The van der Waals surface area contributed by atoms with Gasteiger partial charge in [-0.3, -0.25) is 14.2 Å². The zero-order valence-electron chi connectivity index (χ0n) is 13.5. The van der Waals surface area contributed by atoms with Crippen LogP contribution in [0.15, 0.2) is 40.4 Å². The Hall–Kier alpha value is -2.35. The van der Waals surface area contributed by atoms with Gasteiger partial charge in [0.1, 0.15) is 11.4 Å². The largest absolute Gasteiger partial charge is 0.368 e. The molecule has 0 N–H and O–H groups in total. The van der Waals surface area contributed by atoms with Crippen LogP contribution in [0.3, 0.4) is 0 Å². The molecule has 2 aliphatic heterocycles. The smallest absolute Gasteiger partial charge is 0.267 e. The lowest BCUT2D eigenvalue weighted by Crippen LogP contribution is -2.50. The number of hydrogen-bond acceptors (Lipinski definition) is 5. The van der Waals surface area contributed by atoms with Gasteiger partial charge < -0.3 is 9.80 Å². The third kappa shape index (κ3) is 3.02. The standard InChI is InChI=1S/C17H17FN4O2S/c18-12-1-3-13(4-2-12)20-5-7-21(8-6-20)15(23)14-11-19-17-22(16(14)24)9-10-25-17/h1-4,11H,5-10H2. The minimum absolute atomic E-state index is 0.140. The molecule has 0 radical (unpaired) electrons. The van der Waals surface area contributed by atoms with Crippen LogP contribution in [0.25, 0.3) is 0 Å². The Labute approximate surface area is 148 Å². The number of hydrogen-bond donors (Lipinski definition) is 0. The van der Waals surface area contributed by atoms with Gasteiger partial charge in [-0.05, 0) is 24.3 Å². The quantitative estimate of drug-likeness (QED) is 0.759. The molecule has 6 nitrogen and oxygen atoms in total. The highest BCUT2D eigenvalue weighted by atomic mass is 32.2. The van der Waals surface area contributed by atoms with E-state index in [-0.39, 0.29) is 22.8 Å². The number of anilines is 1. The number of carbonyl (C=O) groups excluding carboxylic acids is 1. The second-order valence-electron chi connectivity index (χ2n) is 6.02. The molecule has 1 fully saturated rings. The van der Waals surface area contributed by atoms with Crippen molar-refractivity contribution in [3.8, 4) is 0 Å². The summed E-state index contributed by atoms with van der Waals surface area (Å²) in [6.07, 6.45) is 1.40. The fraction of sp³-hybridized carbons (Fsp3) is 0.353. The van der Waals surface area contributed by atoms with Gasteiger partial charge in [0, 0.05) is 50.4 Å². The van der Waals surface area contributed by atoms with Crippen molar-refractivity contribution in [1.29, 1.82) is 0 Å². The molecular formula is C17H17FN4O2S. The minimum atomic E-state index is -0.264. The first kappa shape index (κ1) is 16.1. The van der Waals surface area contributed by atoms with Crippen LogP contribution in [0.4, 0.5) is 10.1 Å². The van der Waals surface area contributed by atoms with Crippen molar-refractivity contribution in [2.75, 3.05) is 36.8 Å². The molecule has 25 heavy (non-hydrogen) atoms. The zero-order valence-corrected chi connectivity index (χ0v) is 14.3. The lowest BCUT2D eigenvalue weighted by Gasteiger charge is -2.36. The first-order chi connectivity index (χ1) is 12.1. The van der Waals surface area contributed by atoms with Gasteiger partial charge in [0.2, 0.25) is 0 Å². The fourth-order valence-corrected chi connectivity index (χ4v) is 4.07. The third-order valence-electron chi connectivity index (χ3n) is 4.55. The Morgan fingerprint density at radius 1 is 1.08 bits per heavy atom. The molecule has 2 aromatic rings. The van der Waals surface area contributed by atoms with Crippen molar-refractivity contribution in [2.24, 2.45) is 0 Å². The maximum atomic E-state index is 13.0. The van der Waals surface area contributed by atoms with Gasteiger partial charge >= 0.3 is 0 Å². The molecule has 1 aromatic carbocycles. The molecule has 8 heteroatoms. The van der Waals surface area contributed by atoms with E-state index < -0.39 is 0 Å². The molecule has 3 heterocycles. The number of halogens is 1. The molecular weight excluding hydrogens is 343 g/mol. The number of rotatable bonds is 2. The molecule has 0 unspecified atom stereocenters. The highest BCUT2D eigenvalue weighted by Crippen LogP contribution is 2.21. The summed E-state index contributed by atoms with van der Waals surface area (Å²) in [5.74, 6) is 0.291. The maximum absolute atomic E-state index is 13.0. The van der Waals surface area contributed by atoms with Crippen LogP contribution in [0.1, 0.15) is 10.4 Å². The molecule has 1 saturated heterocycles. The van der Waals surface area contributed by atoms with Gasteiger partial charge in [0.15, 0.2) is 5.16 Å². The lowest BCUT2D eigenvalue weighted by molar-refractivity contribution is 0.0743. The average molecular weight is 360 g/mol. The molecule has 1 amide bonds. The third-order valence-corrected chi connectivity index (χ3v) is 5.52. The SMILES string of the molecule is O=C(c1cnc2n(c1=O)CCS2)N1CCN(c2ccc(F)cc2)CC1. The van der Waals surface area contributed by atoms with Gasteiger partial charge in [0.25, 0.3) is 11.5 Å². The normalized spacial score (nSPS) is 16.8. The fourth-order valence-electron chi connectivity index (χ4n) is 3.15. The van der Waals surface area contributed by atoms with Crippen molar-refractivity contribution in [1.82, 2.24) is 14.5 Å². The first-order valence-electron chi connectivity index (χ1n) is 8.16. The number of piperazine rings is 1. The van der Waals surface area contributed by atoms with Gasteiger partial charge in [-0.1, -0.05) is 11.8 Å². The maximum Gasteiger partial charge on any atom is 0.267 e. The summed E-state index contributed by atoms with van der Waals surface area (Å²) in [7, 11) is 0. The highest BCUT2D eigenvalue weighted by Gasteiger charge is 2.26. The van der Waals surface area contributed by atoms with Crippen molar-refractivity contribution in [2.45, 2.75) is 11.7 Å². The number of nitrogens with zero attached hydrogens (tertiary/aromatic N) is 4. The average Bonchev–Trinajstić information content (AvgIpc) is 3.12. The molecule has 0 atom stereocenters. The lowest BCUT2D eigenvalue weighted by atomic mass is 10.2. The Bertz CT molecular complexity index is 860. The van der Waals surface area contributed by atoms with Crippen LogP contribution in [0.5, 0.6) is 0 Å². The highest BCUT2D eigenvalue weighted by molar-refractivity contribution is 7.99. The van der Waals surface area contributed by atoms with Crippen LogP contribution in [0, 0.1) is 5.82 Å². The number of amides is 1. The van der Waals surface area contributed by atoms with E-state index in [4.69, 9.17) is 0 Å². The van der Waals surface area contributed by atoms with Crippen LogP contribution in [0.2, 0.25) is 0 Å². The Kier molecular flexibility index (Phi) is 4.20. The second-order valence-corrected chi connectivity index (χ2v) is 7.08. The van der Waals surface area contributed by atoms with Gasteiger partial charge in [-0.25, -0.2) is 9.37 Å². The molecule has 1 aromatic heterocycles. The van der Waals surface area contributed by atoms with E-state index in [1.807, 2.05) is 0 Å². The van der Waals surface area contributed by atoms with Crippen LogP contribution < -0.4 is 10.5 Å². The number of thioether (sulfide) groups is 1. The number of fused-ring (bicyclic) bond motifs is 1. The summed E-state index contributed by atoms with van der Waals surface area (Å²) in [6, 6.07) is 6.34. The van der Waals surface area contributed by atoms with E-state index in [1.54, 1.807) is 21.6 Å². The van der Waals surface area contributed by atoms with E-state index >= 15 is 0 Å². The molecule has 0 aliphatic carbocycles. The first-order valence-corrected chi connectivity index (χ1v) is 9.14. The minimum Gasteiger partial charge on any atom is -0.368 e. The summed E-state index contributed by atoms with van der Waals surface area (Å²) in [5.41, 5.74) is 0.826. The topological polar surface area (TPSA) is 58.4 Å². The van der Waals surface area contributed by atoms with E-state index in [0.29, 0.717) is 37.9 Å². The summed E-state index contributed by atoms with van der Waals surface area (Å²) in [5, 5.41) is 0.683. The Balaban J connectivity index is 1.47. The van der Waals surface area contributed by atoms with Crippen molar-refractivity contribution in [3.05, 3.63) is 52.2 Å². The van der Waals surface area contributed by atoms with Gasteiger partial charge in [-0.15, -0.1) is 0 Å². The molecule has 0 spiro atoms. The van der Waals surface area contributed by atoms with E-state index in [2.05, 4.69) is 9.88 Å². The van der Waals surface area contributed by atoms with Crippen LogP contribution in [-0.2, 0) is 6.54 Å². The van der Waals surface area contributed by atoms with Crippen LogP contribution in [-0.4, -0.2) is 52.3 Å². The van der Waals surface area contributed by atoms with Crippen molar-refractivity contribution in [3.63, 3.8) is 0 Å². The molecule has 2 aliphatic rings. The predicted octanol–water partition coefficient (Wildman–Crippen LogP) is 1.45. The summed E-state index contributed by atoms with van der Waals surface area (Å²) < 4.78 is 14.6. The van der Waals surface area contributed by atoms with Crippen molar-refractivity contribution >= 4 is 23.4 Å². The van der Waals surface area contributed by atoms with E-state index in [9.17, 15) is 14.0 Å². The molecule has 0 bridgehead atoms. The molecule has 130 valence electrons. The van der Waals surface area contributed by atoms with E-state index in [0.717, 1.165) is 11.4 Å². The summed E-state index contributed by atoms with van der Waals surface area (Å²) in [6.45, 7) is 2.93. The Morgan fingerprint density at radius 3 is 2.52 bits per heavy atom. The number of aromatic nitrogens is 2. The van der Waals surface area contributed by atoms with Gasteiger partial charge in [0.05, 0.1) is 0 Å². The summed E-state index contributed by atoms with van der Waals surface area (Å²) in [4.78, 5) is 33.2. The second kappa shape index (κ2) is 6.51. The molecule has 0 saturated carbocycles. The van der Waals surface area contributed by atoms with E-state index in [1.165, 1.54) is 30.1 Å².